The van der Waals surface area contributed by atoms with Gasteiger partial charge in [-0.15, -0.1) is 0 Å². The van der Waals surface area contributed by atoms with Crippen molar-refractivity contribution in [2.45, 2.75) is 0 Å². The second-order valence-corrected chi connectivity index (χ2v) is 3.88. The topological polar surface area (TPSA) is 326 Å². The summed E-state index contributed by atoms with van der Waals surface area (Å²) in [5.41, 5.74) is 1.76. The van der Waals surface area contributed by atoms with Gasteiger partial charge in [-0.3, -0.25) is 30.6 Å². The number of tetrazole rings is 2. The Balaban J connectivity index is -0.000000107. The first kappa shape index (κ1) is 36.6. The van der Waals surface area contributed by atoms with E-state index >= 15 is 0 Å². The molecule has 0 aliphatic heterocycles. The summed E-state index contributed by atoms with van der Waals surface area (Å²) in [5, 5.41) is 28.2. The van der Waals surface area contributed by atoms with E-state index in [-0.39, 0.29) is 49.6 Å². The van der Waals surface area contributed by atoms with E-state index in [4.69, 9.17) is 0 Å². The largest absolute Gasteiger partial charge is 2.00 e. The number of hydrogen-bond donors (Lipinski definition) is 0. The van der Waals surface area contributed by atoms with Crippen LogP contribution >= 0.6 is 0 Å². The fourth-order valence-corrected chi connectivity index (χ4v) is 1.52. The van der Waals surface area contributed by atoms with Gasteiger partial charge in [0, 0.05) is 36.4 Å². The molecule has 4 heterocycles. The van der Waals surface area contributed by atoms with Gasteiger partial charge in [0.25, 0.3) is 0 Å². The van der Waals surface area contributed by atoms with Crippen LogP contribution in [0.25, 0.3) is 22.8 Å². The van der Waals surface area contributed by atoms with E-state index in [0.717, 1.165) is 11.1 Å². The molecule has 0 saturated carbocycles. The molecule has 16 nitrogen and oxygen atoms in total. The van der Waals surface area contributed by atoms with Gasteiger partial charge in [-0.2, -0.15) is 10.4 Å². The van der Waals surface area contributed by atoms with Crippen molar-refractivity contribution in [1.82, 2.24) is 51.2 Å². The molecular weight excluding hydrogens is 439 g/mol. The van der Waals surface area contributed by atoms with E-state index in [0.29, 0.717) is 11.6 Å². The van der Waals surface area contributed by atoms with Crippen LogP contribution in [0.1, 0.15) is 0 Å². The van der Waals surface area contributed by atoms with Crippen molar-refractivity contribution in [3.63, 3.8) is 0 Å². The molecule has 0 aliphatic carbocycles. The van der Waals surface area contributed by atoms with Crippen LogP contribution in [-0.2, 0) is 38.7 Å². The molecule has 0 fully saturated rings. The van der Waals surface area contributed by atoms with E-state index in [1.165, 1.54) is 0 Å². The van der Waals surface area contributed by atoms with Crippen LogP contribution in [0.5, 0.6) is 0 Å². The Hall–Kier alpha value is -3.29. The van der Waals surface area contributed by atoms with Gasteiger partial charge in [-0.25, -0.2) is 0 Å². The summed E-state index contributed by atoms with van der Waals surface area (Å²) in [7, 11) is 0. The Morgan fingerprint density at radius 1 is 0.552 bits per heavy atom. The SMILES string of the molecule is O.O.[Co+2].[OH3+].[OH3+].[OH3+].[OH3+].c1cc(-c2nnn[n-]2)ccn1.c1cc(-c2nnn[n-]2)ccn1. The Bertz CT molecular complexity index is 725. The molecular formula is C12H24CoN10O6+4. The zero-order chi connectivity index (χ0) is 15.0. The van der Waals surface area contributed by atoms with Crippen LogP contribution < -0.4 is 10.2 Å². The smallest absolute Gasteiger partial charge is 0.457 e. The molecule has 0 unspecified atom stereocenters. The van der Waals surface area contributed by atoms with Gasteiger partial charge in [-0.05, 0) is 35.4 Å². The number of pyridine rings is 2. The molecule has 0 spiro atoms. The fraction of sp³-hybridized carbons (Fsp3) is 0. The Labute approximate surface area is 173 Å². The molecule has 29 heavy (non-hydrogen) atoms. The van der Waals surface area contributed by atoms with Crippen LogP contribution in [0.2, 0.25) is 0 Å². The third kappa shape index (κ3) is 10.6. The quantitative estimate of drug-likeness (QED) is 0.253. The monoisotopic (exact) mass is 463 g/mol. The van der Waals surface area contributed by atoms with Crippen LogP contribution in [0.15, 0.2) is 49.1 Å². The van der Waals surface area contributed by atoms with Gasteiger partial charge in [-0.1, -0.05) is 0 Å². The van der Waals surface area contributed by atoms with E-state index in [1.807, 2.05) is 0 Å². The molecule has 4 aromatic rings. The van der Waals surface area contributed by atoms with Crippen LogP contribution in [-0.4, -0.2) is 52.0 Å². The summed E-state index contributed by atoms with van der Waals surface area (Å²) < 4.78 is 0. The first-order chi connectivity index (χ1) is 10.9. The van der Waals surface area contributed by atoms with E-state index in [9.17, 15) is 0 Å². The summed E-state index contributed by atoms with van der Waals surface area (Å²) in [6.45, 7) is 0. The van der Waals surface area contributed by atoms with Crippen LogP contribution in [0.3, 0.4) is 0 Å². The van der Waals surface area contributed by atoms with Crippen molar-refractivity contribution in [1.29, 1.82) is 0 Å². The van der Waals surface area contributed by atoms with Gasteiger partial charge in [0.15, 0.2) is 0 Å². The molecule has 4 aromatic heterocycles. The van der Waals surface area contributed by atoms with E-state index < -0.39 is 0 Å². The van der Waals surface area contributed by atoms with Gasteiger partial charge in [0.2, 0.25) is 0 Å². The Morgan fingerprint density at radius 3 is 1.10 bits per heavy atom. The average Bonchev–Trinajstić information content (AvgIpc) is 3.31. The predicted octanol–water partition coefficient (Wildman–Crippen LogP) is -5.56. The molecule has 163 valence electrons. The first-order valence-electron chi connectivity index (χ1n) is 6.12. The number of hydrogen-bond acceptors (Lipinski definition) is 8. The average molecular weight is 463 g/mol. The molecule has 0 aliphatic rings. The maximum Gasteiger partial charge on any atom is 2.00 e. The molecule has 17 heteroatoms. The van der Waals surface area contributed by atoms with Crippen molar-refractivity contribution < 1.29 is 49.6 Å². The zero-order valence-electron chi connectivity index (χ0n) is 14.7. The number of aromatic nitrogens is 10. The Kier molecular flexibility index (Phi) is 24.6. The van der Waals surface area contributed by atoms with Crippen LogP contribution in [0.4, 0.5) is 0 Å². The molecule has 1 radical (unpaired) electrons. The molecule has 16 N–H and O–H groups in total. The van der Waals surface area contributed by atoms with Gasteiger partial charge >= 0.3 is 16.8 Å². The predicted molar refractivity (Wildman–Crippen MR) is 99.5 cm³/mol. The minimum absolute atomic E-state index is 0. The maximum absolute atomic E-state index is 3.86. The summed E-state index contributed by atoms with van der Waals surface area (Å²) in [6, 6.07) is 7.22. The summed E-state index contributed by atoms with van der Waals surface area (Å²) >= 11 is 0. The number of rotatable bonds is 2. The molecule has 0 saturated heterocycles. The molecule has 4 rings (SSSR count). The summed E-state index contributed by atoms with van der Waals surface area (Å²) in [4.78, 5) is 7.72. The van der Waals surface area contributed by atoms with Crippen molar-refractivity contribution in [2.24, 2.45) is 0 Å². The van der Waals surface area contributed by atoms with E-state index in [2.05, 4.69) is 51.2 Å². The second-order valence-electron chi connectivity index (χ2n) is 3.88. The standard InChI is InChI=1S/2C6H4N5.Co.6H2O/c2*1-3-7-4-2-5(1)6-8-10-11-9-6;;;;;;;/h2*1-4H;;6*1H2/q2*-1;+2;;;;;;/p+4. The molecule has 0 atom stereocenters. The van der Waals surface area contributed by atoms with Crippen molar-refractivity contribution in [3.8, 4) is 22.8 Å². The zero-order valence-corrected chi connectivity index (χ0v) is 15.8. The fourth-order valence-electron chi connectivity index (χ4n) is 1.52. The minimum Gasteiger partial charge on any atom is -0.457 e. The second kappa shape index (κ2) is 19.5. The number of nitrogens with zero attached hydrogens (tertiary/aromatic N) is 10. The van der Waals surface area contributed by atoms with Gasteiger partial charge in [0.05, 0.1) is 0 Å². The van der Waals surface area contributed by atoms with Crippen molar-refractivity contribution in [3.05, 3.63) is 49.1 Å². The Morgan fingerprint density at radius 2 is 0.862 bits per heavy atom. The molecule has 0 bridgehead atoms. The minimum atomic E-state index is 0. The summed E-state index contributed by atoms with van der Waals surface area (Å²) in [5.74, 6) is 1.07. The van der Waals surface area contributed by atoms with Crippen molar-refractivity contribution in [2.75, 3.05) is 0 Å². The maximum atomic E-state index is 3.86. The third-order valence-corrected chi connectivity index (χ3v) is 2.51. The van der Waals surface area contributed by atoms with Gasteiger partial charge < -0.3 is 43.1 Å². The van der Waals surface area contributed by atoms with E-state index in [1.54, 1.807) is 49.1 Å². The normalized spacial score (nSPS) is 7.45. The van der Waals surface area contributed by atoms with Crippen LogP contribution in [0, 0.1) is 0 Å². The van der Waals surface area contributed by atoms with Gasteiger partial charge in [0.1, 0.15) is 0 Å². The third-order valence-electron chi connectivity index (χ3n) is 2.51. The molecule has 0 amide bonds. The first-order valence-corrected chi connectivity index (χ1v) is 6.12. The molecule has 0 aromatic carbocycles. The van der Waals surface area contributed by atoms with Crippen molar-refractivity contribution >= 4 is 0 Å². The summed E-state index contributed by atoms with van der Waals surface area (Å²) in [6.07, 6.45) is 6.69.